The van der Waals surface area contributed by atoms with Crippen molar-refractivity contribution in [1.82, 2.24) is 15.1 Å². The van der Waals surface area contributed by atoms with Gasteiger partial charge in [0.15, 0.2) is 6.61 Å². The number of ether oxygens (including phenoxy) is 1. The molecule has 1 amide bonds. The second-order valence-corrected chi connectivity index (χ2v) is 3.58. The van der Waals surface area contributed by atoms with Crippen molar-refractivity contribution in [3.05, 3.63) is 11.4 Å². The van der Waals surface area contributed by atoms with E-state index in [-0.39, 0.29) is 19.1 Å². The number of aryl methyl sites for hydroxylation is 1. The molecule has 0 aromatic carbocycles. The van der Waals surface area contributed by atoms with Crippen LogP contribution in [0.2, 0.25) is 0 Å². The first-order chi connectivity index (χ1) is 7.95. The molecule has 3 N–H and O–H groups in total. The lowest BCUT2D eigenvalue weighted by atomic mass is 10.3. The van der Waals surface area contributed by atoms with Gasteiger partial charge in [0.25, 0.3) is 5.91 Å². The molecule has 0 atom stereocenters. The van der Waals surface area contributed by atoms with E-state index in [4.69, 9.17) is 10.5 Å². The Morgan fingerprint density at radius 1 is 1.47 bits per heavy atom. The summed E-state index contributed by atoms with van der Waals surface area (Å²) in [7, 11) is 1.47. The third-order valence-corrected chi connectivity index (χ3v) is 2.36. The molecule has 0 aliphatic carbocycles. The van der Waals surface area contributed by atoms with Crippen molar-refractivity contribution in [2.75, 3.05) is 19.4 Å². The van der Waals surface area contributed by atoms with Crippen LogP contribution in [0.5, 0.6) is 0 Å². The maximum absolute atomic E-state index is 11.4. The van der Waals surface area contributed by atoms with Gasteiger partial charge in [-0.2, -0.15) is 5.10 Å². The monoisotopic (exact) mass is 240 g/mol. The predicted octanol–water partition coefficient (Wildman–Crippen LogP) is -0.629. The zero-order valence-electron chi connectivity index (χ0n) is 10.1. The molecule has 0 spiro atoms. The average molecular weight is 240 g/mol. The van der Waals surface area contributed by atoms with E-state index in [9.17, 15) is 9.59 Å². The second-order valence-electron chi connectivity index (χ2n) is 3.58. The number of rotatable bonds is 4. The van der Waals surface area contributed by atoms with Crippen LogP contribution >= 0.6 is 0 Å². The van der Waals surface area contributed by atoms with Crippen molar-refractivity contribution in [3.8, 4) is 0 Å². The standard InChI is InChI=1S/C10H16N4O3/c1-6-10(11)7(2)14(13-6)4-9(16)17-5-8(15)12-3/h4-5,11H2,1-3H3,(H,12,15). The highest BCUT2D eigenvalue weighted by Crippen LogP contribution is 2.14. The number of aromatic nitrogens is 2. The Kier molecular flexibility index (Phi) is 4.08. The van der Waals surface area contributed by atoms with E-state index in [2.05, 4.69) is 10.4 Å². The first-order valence-corrected chi connectivity index (χ1v) is 5.11. The molecule has 1 aromatic rings. The summed E-state index contributed by atoms with van der Waals surface area (Å²) in [4.78, 5) is 22.3. The number of nitrogens with one attached hydrogen (secondary N) is 1. The Morgan fingerprint density at radius 3 is 2.59 bits per heavy atom. The Balaban J connectivity index is 2.56. The normalized spacial score (nSPS) is 10.1. The summed E-state index contributed by atoms with van der Waals surface area (Å²) in [5.41, 5.74) is 7.66. The highest BCUT2D eigenvalue weighted by Gasteiger charge is 2.13. The molecule has 17 heavy (non-hydrogen) atoms. The minimum Gasteiger partial charge on any atom is -0.454 e. The van der Waals surface area contributed by atoms with Gasteiger partial charge in [0.1, 0.15) is 6.54 Å². The number of esters is 1. The topological polar surface area (TPSA) is 99.2 Å². The van der Waals surface area contributed by atoms with E-state index in [1.807, 2.05) is 0 Å². The summed E-state index contributed by atoms with van der Waals surface area (Å²) in [5, 5.41) is 6.44. The number of hydrogen-bond donors (Lipinski definition) is 2. The van der Waals surface area contributed by atoms with Crippen molar-refractivity contribution in [2.45, 2.75) is 20.4 Å². The molecule has 0 unspecified atom stereocenters. The van der Waals surface area contributed by atoms with Crippen LogP contribution in [0.1, 0.15) is 11.4 Å². The van der Waals surface area contributed by atoms with Gasteiger partial charge in [-0.1, -0.05) is 0 Å². The van der Waals surface area contributed by atoms with Gasteiger partial charge in [-0.25, -0.2) is 0 Å². The van der Waals surface area contributed by atoms with Crippen LogP contribution < -0.4 is 11.1 Å². The smallest absolute Gasteiger partial charge is 0.328 e. The zero-order valence-corrected chi connectivity index (χ0v) is 10.1. The van der Waals surface area contributed by atoms with Gasteiger partial charge >= 0.3 is 5.97 Å². The van der Waals surface area contributed by atoms with Gasteiger partial charge in [0.05, 0.1) is 17.1 Å². The van der Waals surface area contributed by atoms with Crippen LogP contribution in [0.4, 0.5) is 5.69 Å². The quantitative estimate of drug-likeness (QED) is 0.683. The van der Waals surface area contributed by atoms with E-state index in [1.54, 1.807) is 13.8 Å². The first kappa shape index (κ1) is 13.0. The second kappa shape index (κ2) is 5.33. The average Bonchev–Trinajstić information content (AvgIpc) is 2.54. The van der Waals surface area contributed by atoms with Crippen LogP contribution in [-0.2, 0) is 20.9 Å². The maximum Gasteiger partial charge on any atom is 0.328 e. The number of carbonyl (C=O) groups is 2. The minimum absolute atomic E-state index is 0.0547. The summed E-state index contributed by atoms with van der Waals surface area (Å²) in [6, 6.07) is 0. The van der Waals surface area contributed by atoms with Gasteiger partial charge in [-0.15, -0.1) is 0 Å². The summed E-state index contributed by atoms with van der Waals surface area (Å²) < 4.78 is 6.21. The van der Waals surface area contributed by atoms with E-state index < -0.39 is 5.97 Å². The molecule has 7 nitrogen and oxygen atoms in total. The molecule has 1 rings (SSSR count). The molecule has 1 heterocycles. The SMILES string of the molecule is CNC(=O)COC(=O)Cn1nc(C)c(N)c1C. The highest BCUT2D eigenvalue weighted by atomic mass is 16.5. The van der Waals surface area contributed by atoms with Crippen LogP contribution in [-0.4, -0.2) is 35.3 Å². The Hall–Kier alpha value is -2.05. The molecule has 0 saturated carbocycles. The molecule has 94 valence electrons. The van der Waals surface area contributed by atoms with Gasteiger partial charge in [0, 0.05) is 7.05 Å². The molecule has 0 saturated heterocycles. The molecular formula is C10H16N4O3. The number of amides is 1. The fraction of sp³-hybridized carbons (Fsp3) is 0.500. The predicted molar refractivity (Wildman–Crippen MR) is 61.1 cm³/mol. The largest absolute Gasteiger partial charge is 0.454 e. The van der Waals surface area contributed by atoms with Crippen molar-refractivity contribution >= 4 is 17.6 Å². The van der Waals surface area contributed by atoms with Crippen molar-refractivity contribution in [2.24, 2.45) is 0 Å². The third kappa shape index (κ3) is 3.20. The summed E-state index contributed by atoms with van der Waals surface area (Å²) >= 11 is 0. The van der Waals surface area contributed by atoms with Crippen molar-refractivity contribution in [1.29, 1.82) is 0 Å². The zero-order chi connectivity index (χ0) is 13.0. The van der Waals surface area contributed by atoms with Gasteiger partial charge in [0.2, 0.25) is 0 Å². The number of nitrogens with two attached hydrogens (primary N) is 1. The summed E-state index contributed by atoms with van der Waals surface area (Å²) in [6.07, 6.45) is 0. The van der Waals surface area contributed by atoms with E-state index in [0.717, 1.165) is 0 Å². The third-order valence-electron chi connectivity index (χ3n) is 2.36. The van der Waals surface area contributed by atoms with Crippen molar-refractivity contribution < 1.29 is 14.3 Å². The molecule has 0 aliphatic heterocycles. The maximum atomic E-state index is 11.4. The fourth-order valence-electron chi connectivity index (χ4n) is 1.25. The van der Waals surface area contributed by atoms with E-state index in [0.29, 0.717) is 17.1 Å². The number of carbonyl (C=O) groups excluding carboxylic acids is 2. The van der Waals surface area contributed by atoms with E-state index in [1.165, 1.54) is 11.7 Å². The number of nitrogen functional groups attached to an aromatic ring is 1. The van der Waals surface area contributed by atoms with E-state index >= 15 is 0 Å². The number of likely N-dealkylation sites (N-methyl/N-ethyl adjacent to an activating group) is 1. The lowest BCUT2D eigenvalue weighted by Crippen LogP contribution is -2.26. The summed E-state index contributed by atoms with van der Waals surface area (Å²) in [5.74, 6) is -0.884. The van der Waals surface area contributed by atoms with Gasteiger partial charge in [-0.3, -0.25) is 14.3 Å². The molecule has 1 aromatic heterocycles. The number of hydrogen-bond acceptors (Lipinski definition) is 5. The molecule has 0 fully saturated rings. The fourth-order valence-corrected chi connectivity index (χ4v) is 1.25. The Labute approximate surface area is 98.9 Å². The van der Waals surface area contributed by atoms with Crippen LogP contribution in [0.25, 0.3) is 0 Å². The van der Waals surface area contributed by atoms with Gasteiger partial charge < -0.3 is 15.8 Å². The van der Waals surface area contributed by atoms with Crippen LogP contribution in [0.15, 0.2) is 0 Å². The first-order valence-electron chi connectivity index (χ1n) is 5.11. The highest BCUT2D eigenvalue weighted by molar-refractivity contribution is 5.80. The minimum atomic E-state index is -0.529. The number of nitrogens with zero attached hydrogens (tertiary/aromatic N) is 2. The molecule has 0 bridgehead atoms. The number of anilines is 1. The Bertz CT molecular complexity index is 439. The Morgan fingerprint density at radius 2 is 2.12 bits per heavy atom. The van der Waals surface area contributed by atoms with Crippen LogP contribution in [0, 0.1) is 13.8 Å². The molecule has 0 aliphatic rings. The van der Waals surface area contributed by atoms with Crippen LogP contribution in [0.3, 0.4) is 0 Å². The molecule has 0 radical (unpaired) electrons. The lowest BCUT2D eigenvalue weighted by Gasteiger charge is -2.05. The molecular weight excluding hydrogens is 224 g/mol. The van der Waals surface area contributed by atoms with Crippen molar-refractivity contribution in [3.63, 3.8) is 0 Å². The van der Waals surface area contributed by atoms with Gasteiger partial charge in [-0.05, 0) is 13.8 Å². The lowest BCUT2D eigenvalue weighted by molar-refractivity contribution is -0.149. The summed E-state index contributed by atoms with van der Waals surface area (Å²) in [6.45, 7) is 3.18. The molecule has 7 heteroatoms.